The third-order valence-electron chi connectivity index (χ3n) is 4.71. The maximum absolute atomic E-state index is 12.5. The van der Waals surface area contributed by atoms with E-state index in [1.165, 1.54) is 5.56 Å². The molecular formula is C17H27NO2Si. The van der Waals surface area contributed by atoms with Gasteiger partial charge in [0.15, 0.2) is 8.32 Å². The molecule has 1 aliphatic heterocycles. The highest BCUT2D eigenvalue weighted by Crippen LogP contribution is 2.38. The molecule has 0 saturated carbocycles. The van der Waals surface area contributed by atoms with E-state index in [1.807, 2.05) is 23.1 Å². The van der Waals surface area contributed by atoms with Crippen LogP contribution in [0.3, 0.4) is 0 Å². The first-order valence-corrected chi connectivity index (χ1v) is 10.6. The number of carbonyl (C=O) groups excluding carboxylic acids is 1. The van der Waals surface area contributed by atoms with Crippen molar-refractivity contribution < 1.29 is 9.22 Å². The van der Waals surface area contributed by atoms with E-state index in [1.54, 1.807) is 0 Å². The molecule has 1 amide bonds. The van der Waals surface area contributed by atoms with Crippen molar-refractivity contribution in [1.29, 1.82) is 0 Å². The molecule has 1 aliphatic rings. The summed E-state index contributed by atoms with van der Waals surface area (Å²) >= 11 is 0. The van der Waals surface area contributed by atoms with Gasteiger partial charge in [0.1, 0.15) is 6.10 Å². The lowest BCUT2D eigenvalue weighted by Crippen LogP contribution is -2.46. The Morgan fingerprint density at radius 3 is 2.43 bits per heavy atom. The molecule has 1 saturated heterocycles. The van der Waals surface area contributed by atoms with Crippen LogP contribution in [0.4, 0.5) is 0 Å². The second kappa shape index (κ2) is 5.93. The molecule has 2 rings (SSSR count). The average molecular weight is 305 g/mol. The second-order valence-electron chi connectivity index (χ2n) is 7.40. The number of rotatable bonds is 4. The molecule has 0 aromatic heterocycles. The lowest BCUT2D eigenvalue weighted by atomic mass is 10.2. The average Bonchev–Trinajstić information content (AvgIpc) is 2.71. The van der Waals surface area contributed by atoms with Gasteiger partial charge in [0, 0.05) is 13.1 Å². The molecule has 1 aromatic carbocycles. The van der Waals surface area contributed by atoms with E-state index >= 15 is 0 Å². The Morgan fingerprint density at radius 1 is 1.24 bits per heavy atom. The monoisotopic (exact) mass is 305 g/mol. The second-order valence-corrected chi connectivity index (χ2v) is 12.2. The molecule has 4 heteroatoms. The molecule has 0 aliphatic carbocycles. The van der Waals surface area contributed by atoms with Crippen molar-refractivity contribution in [3.8, 4) is 0 Å². The van der Waals surface area contributed by atoms with E-state index in [0.717, 1.165) is 13.0 Å². The van der Waals surface area contributed by atoms with Crippen molar-refractivity contribution in [1.82, 2.24) is 4.90 Å². The van der Waals surface area contributed by atoms with Crippen molar-refractivity contribution in [2.75, 3.05) is 6.54 Å². The highest BCUT2D eigenvalue weighted by Gasteiger charge is 2.43. The van der Waals surface area contributed by atoms with Crippen LogP contribution in [-0.4, -0.2) is 31.8 Å². The summed E-state index contributed by atoms with van der Waals surface area (Å²) in [5, 5.41) is 0.139. The number of hydrogen-bond donors (Lipinski definition) is 0. The van der Waals surface area contributed by atoms with E-state index in [-0.39, 0.29) is 17.0 Å². The third-order valence-corrected chi connectivity index (χ3v) is 9.19. The zero-order valence-corrected chi connectivity index (χ0v) is 14.8. The van der Waals surface area contributed by atoms with Gasteiger partial charge in [0.25, 0.3) is 5.91 Å². The van der Waals surface area contributed by atoms with Crippen LogP contribution in [-0.2, 0) is 15.8 Å². The fourth-order valence-electron chi connectivity index (χ4n) is 2.31. The molecule has 0 unspecified atom stereocenters. The van der Waals surface area contributed by atoms with Crippen LogP contribution in [0.15, 0.2) is 30.3 Å². The molecule has 21 heavy (non-hydrogen) atoms. The Labute approximate surface area is 129 Å². The van der Waals surface area contributed by atoms with Gasteiger partial charge in [0.05, 0.1) is 0 Å². The molecule has 1 aromatic rings. The van der Waals surface area contributed by atoms with Gasteiger partial charge in [-0.1, -0.05) is 51.1 Å². The molecule has 1 heterocycles. The van der Waals surface area contributed by atoms with Crippen LogP contribution < -0.4 is 0 Å². The molecule has 0 spiro atoms. The summed E-state index contributed by atoms with van der Waals surface area (Å²) in [7, 11) is -1.88. The van der Waals surface area contributed by atoms with Gasteiger partial charge in [0.2, 0.25) is 0 Å². The summed E-state index contributed by atoms with van der Waals surface area (Å²) in [5.41, 5.74) is 1.18. The molecule has 116 valence electrons. The van der Waals surface area contributed by atoms with Crippen molar-refractivity contribution >= 4 is 14.2 Å². The zero-order chi connectivity index (χ0) is 15.7. The van der Waals surface area contributed by atoms with E-state index in [9.17, 15) is 4.79 Å². The Kier molecular flexibility index (Phi) is 4.59. The zero-order valence-electron chi connectivity index (χ0n) is 13.8. The number of amides is 1. The minimum absolute atomic E-state index is 0.139. The lowest BCUT2D eigenvalue weighted by Gasteiger charge is -2.37. The molecule has 0 N–H and O–H groups in total. The molecule has 3 nitrogen and oxygen atoms in total. The molecule has 1 fully saturated rings. The summed E-state index contributed by atoms with van der Waals surface area (Å²) in [6.07, 6.45) is 0.577. The van der Waals surface area contributed by atoms with Crippen molar-refractivity contribution in [3.63, 3.8) is 0 Å². The summed E-state index contributed by atoms with van der Waals surface area (Å²) in [6.45, 7) is 12.5. The highest BCUT2D eigenvalue weighted by atomic mass is 28.4. The van der Waals surface area contributed by atoms with Crippen molar-refractivity contribution in [3.05, 3.63) is 35.9 Å². The van der Waals surface area contributed by atoms with Crippen molar-refractivity contribution in [2.45, 2.75) is 58.0 Å². The van der Waals surface area contributed by atoms with Crippen LogP contribution in [0.5, 0.6) is 0 Å². The van der Waals surface area contributed by atoms with Crippen LogP contribution >= 0.6 is 0 Å². The van der Waals surface area contributed by atoms with Crippen LogP contribution in [0, 0.1) is 0 Å². The van der Waals surface area contributed by atoms with Crippen LogP contribution in [0.1, 0.15) is 32.8 Å². The quantitative estimate of drug-likeness (QED) is 0.792. The third kappa shape index (κ3) is 3.74. The number of carbonyl (C=O) groups is 1. The first kappa shape index (κ1) is 16.2. The Bertz CT molecular complexity index is 493. The summed E-state index contributed by atoms with van der Waals surface area (Å²) < 4.78 is 6.29. The highest BCUT2D eigenvalue weighted by molar-refractivity contribution is 6.74. The molecular weight excluding hydrogens is 278 g/mol. The summed E-state index contributed by atoms with van der Waals surface area (Å²) in [6, 6.07) is 10.2. The van der Waals surface area contributed by atoms with Gasteiger partial charge >= 0.3 is 0 Å². The Hall–Kier alpha value is -1.13. The fourth-order valence-corrected chi connectivity index (χ4v) is 3.60. The topological polar surface area (TPSA) is 29.5 Å². The standard InChI is InChI=1S/C17H27NO2Si/c1-17(2,3)21(4,5)20-15-11-12-18(16(15)19)13-14-9-7-6-8-10-14/h6-10,15H,11-13H2,1-5H3/t15-/m0/s1. The normalized spacial score (nSPS) is 20.1. The van der Waals surface area contributed by atoms with Gasteiger partial charge in [-0.25, -0.2) is 0 Å². The summed E-state index contributed by atoms with van der Waals surface area (Å²) in [4.78, 5) is 14.5. The van der Waals surface area contributed by atoms with Gasteiger partial charge < -0.3 is 9.33 Å². The predicted molar refractivity (Wildman–Crippen MR) is 88.5 cm³/mol. The minimum Gasteiger partial charge on any atom is -0.405 e. The number of nitrogens with zero attached hydrogens (tertiary/aromatic N) is 1. The van der Waals surface area contributed by atoms with Gasteiger partial charge in [-0.15, -0.1) is 0 Å². The maximum Gasteiger partial charge on any atom is 0.250 e. The minimum atomic E-state index is -1.88. The Morgan fingerprint density at radius 2 is 1.86 bits per heavy atom. The molecule has 0 radical (unpaired) electrons. The number of benzene rings is 1. The van der Waals surface area contributed by atoms with E-state index in [0.29, 0.717) is 6.54 Å². The maximum atomic E-state index is 12.5. The largest absolute Gasteiger partial charge is 0.405 e. The fraction of sp³-hybridized carbons (Fsp3) is 0.588. The van der Waals surface area contributed by atoms with Gasteiger partial charge in [-0.05, 0) is 30.1 Å². The smallest absolute Gasteiger partial charge is 0.250 e. The van der Waals surface area contributed by atoms with E-state index < -0.39 is 8.32 Å². The molecule has 1 atom stereocenters. The van der Waals surface area contributed by atoms with Gasteiger partial charge in [-0.2, -0.15) is 0 Å². The summed E-state index contributed by atoms with van der Waals surface area (Å²) in [5.74, 6) is 0.156. The SMILES string of the molecule is CC(C)(C)[Si](C)(C)O[C@H]1CCN(Cc2ccccc2)C1=O. The van der Waals surface area contributed by atoms with Gasteiger partial charge in [-0.3, -0.25) is 4.79 Å². The van der Waals surface area contributed by atoms with E-state index in [2.05, 4.69) is 46.0 Å². The number of hydrogen-bond acceptors (Lipinski definition) is 2. The van der Waals surface area contributed by atoms with Crippen molar-refractivity contribution in [2.24, 2.45) is 0 Å². The Balaban J connectivity index is 1.99. The van der Waals surface area contributed by atoms with Crippen LogP contribution in [0.25, 0.3) is 0 Å². The molecule has 0 bridgehead atoms. The van der Waals surface area contributed by atoms with E-state index in [4.69, 9.17) is 4.43 Å². The number of likely N-dealkylation sites (tertiary alicyclic amines) is 1. The first-order chi connectivity index (χ1) is 9.71. The first-order valence-electron chi connectivity index (χ1n) is 7.71. The lowest BCUT2D eigenvalue weighted by molar-refractivity contribution is -0.134. The van der Waals surface area contributed by atoms with Crippen LogP contribution in [0.2, 0.25) is 18.1 Å². The predicted octanol–water partition coefficient (Wildman–Crippen LogP) is 3.81.